The fourth-order valence-electron chi connectivity index (χ4n) is 1.76. The molecule has 0 spiro atoms. The number of carbonyl (C=O) groups is 2. The second-order valence-electron chi connectivity index (χ2n) is 4.70. The molecular formula is C13H16N2O5. The molecule has 1 amide bonds. The summed E-state index contributed by atoms with van der Waals surface area (Å²) in [6.07, 6.45) is 0. The normalized spacial score (nSPS) is 11.8. The number of hydrogen-bond donors (Lipinski definition) is 1. The summed E-state index contributed by atoms with van der Waals surface area (Å²) in [5, 5.41) is 19.8. The number of nitro benzene ring substituents is 1. The standard InChI is InChI=1S/C13H16N2O5/c1-8-4-5-11(15(19)20)10(6-8)12(16)14(3)7-9(2)13(17)18/h4-6,9H,7H2,1-3H3,(H,17,18). The maximum Gasteiger partial charge on any atom is 0.308 e. The number of nitro groups is 1. The molecule has 7 heteroatoms. The molecule has 0 aliphatic rings. The SMILES string of the molecule is Cc1ccc([N+](=O)[O-])c(C(=O)N(C)CC(C)C(=O)O)c1. The second-order valence-corrected chi connectivity index (χ2v) is 4.70. The predicted octanol–water partition coefficient (Wildman–Crippen LogP) is 1.70. The van der Waals surface area contributed by atoms with Gasteiger partial charge >= 0.3 is 5.97 Å². The van der Waals surface area contributed by atoms with Crippen LogP contribution in [0.25, 0.3) is 0 Å². The Morgan fingerprint density at radius 3 is 2.55 bits per heavy atom. The van der Waals surface area contributed by atoms with Crippen molar-refractivity contribution in [1.29, 1.82) is 0 Å². The molecule has 1 aromatic rings. The van der Waals surface area contributed by atoms with Crippen LogP contribution in [0.1, 0.15) is 22.8 Å². The van der Waals surface area contributed by atoms with E-state index in [9.17, 15) is 19.7 Å². The average molecular weight is 280 g/mol. The highest BCUT2D eigenvalue weighted by molar-refractivity contribution is 5.98. The van der Waals surface area contributed by atoms with Crippen LogP contribution in [0, 0.1) is 23.0 Å². The largest absolute Gasteiger partial charge is 0.481 e. The van der Waals surface area contributed by atoms with Gasteiger partial charge in [-0.1, -0.05) is 13.0 Å². The van der Waals surface area contributed by atoms with E-state index >= 15 is 0 Å². The van der Waals surface area contributed by atoms with E-state index in [1.54, 1.807) is 13.0 Å². The Hall–Kier alpha value is -2.44. The summed E-state index contributed by atoms with van der Waals surface area (Å²) in [6.45, 7) is 3.18. The number of benzene rings is 1. The molecule has 0 aliphatic heterocycles. The Morgan fingerprint density at radius 1 is 1.45 bits per heavy atom. The van der Waals surface area contributed by atoms with Gasteiger partial charge < -0.3 is 10.0 Å². The van der Waals surface area contributed by atoms with Crippen LogP contribution in [0.4, 0.5) is 5.69 Å². The Morgan fingerprint density at radius 2 is 2.05 bits per heavy atom. The van der Waals surface area contributed by atoms with Crippen molar-refractivity contribution in [2.45, 2.75) is 13.8 Å². The van der Waals surface area contributed by atoms with Gasteiger partial charge in [0.15, 0.2) is 0 Å². The van der Waals surface area contributed by atoms with E-state index in [1.807, 2.05) is 0 Å². The molecule has 1 atom stereocenters. The third-order valence-corrected chi connectivity index (χ3v) is 2.90. The van der Waals surface area contributed by atoms with E-state index in [-0.39, 0.29) is 17.8 Å². The van der Waals surface area contributed by atoms with E-state index in [1.165, 1.54) is 31.0 Å². The highest BCUT2D eigenvalue weighted by Gasteiger charge is 2.25. The number of amides is 1. The number of aryl methyl sites for hydroxylation is 1. The molecule has 1 unspecified atom stereocenters. The molecule has 0 fully saturated rings. The zero-order chi connectivity index (χ0) is 15.4. The van der Waals surface area contributed by atoms with Crippen molar-refractivity contribution in [3.05, 3.63) is 39.4 Å². The highest BCUT2D eigenvalue weighted by Crippen LogP contribution is 2.21. The molecule has 0 aromatic heterocycles. The fourth-order valence-corrected chi connectivity index (χ4v) is 1.76. The fraction of sp³-hybridized carbons (Fsp3) is 0.385. The summed E-state index contributed by atoms with van der Waals surface area (Å²) < 4.78 is 0. The Bertz CT molecular complexity index is 556. The van der Waals surface area contributed by atoms with E-state index in [2.05, 4.69) is 0 Å². The van der Waals surface area contributed by atoms with Gasteiger partial charge in [0.1, 0.15) is 5.56 Å². The number of carboxylic acid groups (broad SMARTS) is 1. The minimum atomic E-state index is -1.02. The van der Waals surface area contributed by atoms with Crippen LogP contribution in [0.2, 0.25) is 0 Å². The van der Waals surface area contributed by atoms with Gasteiger partial charge in [-0.3, -0.25) is 19.7 Å². The van der Waals surface area contributed by atoms with E-state index in [4.69, 9.17) is 5.11 Å². The molecule has 0 bridgehead atoms. The minimum absolute atomic E-state index is 0.0146. The average Bonchev–Trinajstić information content (AvgIpc) is 2.36. The lowest BCUT2D eigenvalue weighted by atomic mass is 10.1. The Kier molecular flexibility index (Phi) is 4.79. The summed E-state index contributed by atoms with van der Waals surface area (Å²) in [4.78, 5) is 34.5. The monoisotopic (exact) mass is 280 g/mol. The van der Waals surface area contributed by atoms with Crippen LogP contribution in [0.5, 0.6) is 0 Å². The summed E-state index contributed by atoms with van der Waals surface area (Å²) in [5.74, 6) is -2.33. The quantitative estimate of drug-likeness (QED) is 0.653. The maximum absolute atomic E-state index is 12.2. The molecule has 1 rings (SSSR count). The van der Waals surface area contributed by atoms with Crippen LogP contribution >= 0.6 is 0 Å². The third kappa shape index (κ3) is 3.53. The van der Waals surface area contributed by atoms with Gasteiger partial charge in [0.05, 0.1) is 10.8 Å². The van der Waals surface area contributed by atoms with Gasteiger partial charge in [-0.05, 0) is 18.6 Å². The first kappa shape index (κ1) is 15.6. The summed E-state index contributed by atoms with van der Waals surface area (Å²) in [6, 6.07) is 4.26. The maximum atomic E-state index is 12.2. The van der Waals surface area contributed by atoms with E-state index in [0.717, 1.165) is 5.56 Å². The number of rotatable bonds is 5. The van der Waals surface area contributed by atoms with Gasteiger partial charge in [0.25, 0.3) is 11.6 Å². The van der Waals surface area contributed by atoms with Crippen molar-refractivity contribution in [2.75, 3.05) is 13.6 Å². The molecule has 20 heavy (non-hydrogen) atoms. The van der Waals surface area contributed by atoms with E-state index < -0.39 is 22.7 Å². The molecule has 1 aromatic carbocycles. The van der Waals surface area contributed by atoms with Crippen LogP contribution < -0.4 is 0 Å². The van der Waals surface area contributed by atoms with E-state index in [0.29, 0.717) is 0 Å². The predicted molar refractivity (Wildman–Crippen MR) is 71.6 cm³/mol. The molecule has 0 saturated carbocycles. The molecule has 7 nitrogen and oxygen atoms in total. The first-order valence-corrected chi connectivity index (χ1v) is 5.97. The minimum Gasteiger partial charge on any atom is -0.481 e. The first-order chi connectivity index (χ1) is 9.23. The number of hydrogen-bond acceptors (Lipinski definition) is 4. The van der Waals surface area contributed by atoms with Gasteiger partial charge in [0, 0.05) is 19.7 Å². The summed E-state index contributed by atoms with van der Waals surface area (Å²) in [5.41, 5.74) is 0.407. The van der Waals surface area contributed by atoms with Crippen molar-refractivity contribution in [1.82, 2.24) is 4.90 Å². The van der Waals surface area contributed by atoms with Gasteiger partial charge in [-0.25, -0.2) is 0 Å². The highest BCUT2D eigenvalue weighted by atomic mass is 16.6. The van der Waals surface area contributed by atoms with Gasteiger partial charge in [-0.2, -0.15) is 0 Å². The molecule has 1 N–H and O–H groups in total. The lowest BCUT2D eigenvalue weighted by molar-refractivity contribution is -0.385. The zero-order valence-electron chi connectivity index (χ0n) is 11.5. The van der Waals surface area contributed by atoms with Crippen LogP contribution in [-0.4, -0.2) is 40.4 Å². The number of aliphatic carboxylic acids is 1. The molecule has 0 radical (unpaired) electrons. The molecular weight excluding hydrogens is 264 g/mol. The van der Waals surface area contributed by atoms with Crippen molar-refractivity contribution in [2.24, 2.45) is 5.92 Å². The number of carboxylic acids is 1. The number of nitrogens with zero attached hydrogens (tertiary/aromatic N) is 2. The lowest BCUT2D eigenvalue weighted by Gasteiger charge is -2.19. The van der Waals surface area contributed by atoms with Crippen LogP contribution in [-0.2, 0) is 4.79 Å². The second kappa shape index (κ2) is 6.14. The molecule has 0 heterocycles. The van der Waals surface area contributed by atoms with Crippen molar-refractivity contribution < 1.29 is 19.6 Å². The van der Waals surface area contributed by atoms with Gasteiger partial charge in [-0.15, -0.1) is 0 Å². The molecule has 108 valence electrons. The first-order valence-electron chi connectivity index (χ1n) is 5.97. The Labute approximate surface area is 116 Å². The summed E-state index contributed by atoms with van der Waals surface area (Å²) in [7, 11) is 1.42. The summed E-state index contributed by atoms with van der Waals surface area (Å²) >= 11 is 0. The molecule has 0 aliphatic carbocycles. The number of carbonyl (C=O) groups excluding carboxylic acids is 1. The van der Waals surface area contributed by atoms with Gasteiger partial charge in [0.2, 0.25) is 0 Å². The molecule has 0 saturated heterocycles. The van der Waals surface area contributed by atoms with Crippen molar-refractivity contribution in [3.63, 3.8) is 0 Å². The van der Waals surface area contributed by atoms with Crippen LogP contribution in [0.3, 0.4) is 0 Å². The van der Waals surface area contributed by atoms with Crippen molar-refractivity contribution >= 4 is 17.6 Å². The Balaban J connectivity index is 3.05. The lowest BCUT2D eigenvalue weighted by Crippen LogP contribution is -2.34. The zero-order valence-corrected chi connectivity index (χ0v) is 11.5. The third-order valence-electron chi connectivity index (χ3n) is 2.90. The topological polar surface area (TPSA) is 101 Å². The van der Waals surface area contributed by atoms with Crippen molar-refractivity contribution in [3.8, 4) is 0 Å². The van der Waals surface area contributed by atoms with Crippen LogP contribution in [0.15, 0.2) is 18.2 Å². The smallest absolute Gasteiger partial charge is 0.308 e.